The average Bonchev–Trinajstić information content (AvgIpc) is 2.77. The van der Waals surface area contributed by atoms with Crippen molar-refractivity contribution < 1.29 is 13.2 Å². The number of nitrogens with one attached hydrogen (secondary N) is 1. The van der Waals surface area contributed by atoms with Gasteiger partial charge in [-0.05, 0) is 25.8 Å². The maximum absolute atomic E-state index is 11.6. The van der Waals surface area contributed by atoms with E-state index in [0.29, 0.717) is 12.4 Å². The molecule has 1 heterocycles. The molecule has 0 bridgehead atoms. The van der Waals surface area contributed by atoms with Gasteiger partial charge in [0.15, 0.2) is 0 Å². The van der Waals surface area contributed by atoms with Crippen molar-refractivity contribution >= 4 is 9.84 Å². The summed E-state index contributed by atoms with van der Waals surface area (Å²) in [5, 5.41) is 3.40. The minimum atomic E-state index is -2.86. The molecule has 102 valence electrons. The highest BCUT2D eigenvalue weighted by Gasteiger charge is 2.35. The van der Waals surface area contributed by atoms with Gasteiger partial charge in [-0.2, -0.15) is 0 Å². The van der Waals surface area contributed by atoms with E-state index in [0.717, 1.165) is 39.0 Å². The Labute approximate surface area is 105 Å². The van der Waals surface area contributed by atoms with Crippen LogP contribution < -0.4 is 5.32 Å². The van der Waals surface area contributed by atoms with Crippen LogP contribution in [-0.2, 0) is 14.6 Å². The lowest BCUT2D eigenvalue weighted by atomic mass is 9.84. The second kappa shape index (κ2) is 6.71. The van der Waals surface area contributed by atoms with Gasteiger partial charge in [0.2, 0.25) is 0 Å². The molecule has 0 saturated carbocycles. The van der Waals surface area contributed by atoms with Crippen molar-refractivity contribution in [2.75, 3.05) is 37.8 Å². The van der Waals surface area contributed by atoms with Gasteiger partial charge in [0.1, 0.15) is 9.84 Å². The van der Waals surface area contributed by atoms with E-state index in [1.165, 1.54) is 0 Å². The van der Waals surface area contributed by atoms with Crippen LogP contribution in [0.3, 0.4) is 0 Å². The molecule has 0 aromatic carbocycles. The van der Waals surface area contributed by atoms with Crippen molar-refractivity contribution in [3.63, 3.8) is 0 Å². The Bertz CT molecular complexity index is 308. The second-order valence-corrected chi connectivity index (χ2v) is 7.44. The lowest BCUT2D eigenvalue weighted by Gasteiger charge is -2.27. The molecular weight excluding hydrogens is 238 g/mol. The largest absolute Gasteiger partial charge is 0.381 e. The van der Waals surface area contributed by atoms with Gasteiger partial charge in [-0.15, -0.1) is 0 Å². The molecule has 1 atom stereocenters. The lowest BCUT2D eigenvalue weighted by molar-refractivity contribution is 0.147. The predicted molar refractivity (Wildman–Crippen MR) is 70.0 cm³/mol. The third kappa shape index (κ3) is 4.94. The van der Waals surface area contributed by atoms with Crippen LogP contribution in [0.1, 0.15) is 33.1 Å². The summed E-state index contributed by atoms with van der Waals surface area (Å²) in [6, 6.07) is 0. The highest BCUT2D eigenvalue weighted by molar-refractivity contribution is 7.91. The summed E-state index contributed by atoms with van der Waals surface area (Å²) in [7, 11) is -2.86. The molecule has 17 heavy (non-hydrogen) atoms. The highest BCUT2D eigenvalue weighted by atomic mass is 32.2. The molecule has 0 aromatic rings. The maximum atomic E-state index is 11.6. The van der Waals surface area contributed by atoms with E-state index in [-0.39, 0.29) is 11.2 Å². The van der Waals surface area contributed by atoms with Crippen LogP contribution in [0.25, 0.3) is 0 Å². The van der Waals surface area contributed by atoms with Gasteiger partial charge in [-0.3, -0.25) is 0 Å². The number of ether oxygens (including phenoxy) is 1. The summed E-state index contributed by atoms with van der Waals surface area (Å²) < 4.78 is 28.6. The molecule has 1 saturated heterocycles. The van der Waals surface area contributed by atoms with E-state index in [1.54, 1.807) is 6.92 Å². The first-order valence-electron chi connectivity index (χ1n) is 6.52. The van der Waals surface area contributed by atoms with E-state index >= 15 is 0 Å². The molecule has 0 spiro atoms. The molecule has 0 aliphatic carbocycles. The monoisotopic (exact) mass is 263 g/mol. The smallest absolute Gasteiger partial charge is 0.150 e. The average molecular weight is 263 g/mol. The summed E-state index contributed by atoms with van der Waals surface area (Å²) in [5.41, 5.74) is 0.0391. The van der Waals surface area contributed by atoms with Gasteiger partial charge >= 0.3 is 0 Å². The number of sulfone groups is 1. The zero-order chi connectivity index (χ0) is 12.8. The number of hydrogen-bond acceptors (Lipinski definition) is 4. The fourth-order valence-corrected chi connectivity index (χ4v) is 3.15. The Hall–Kier alpha value is -0.130. The predicted octanol–water partition coefficient (Wildman–Crippen LogP) is 1.22. The van der Waals surface area contributed by atoms with Crippen molar-refractivity contribution in [1.29, 1.82) is 0 Å². The van der Waals surface area contributed by atoms with Gasteiger partial charge in [-0.25, -0.2) is 8.42 Å². The van der Waals surface area contributed by atoms with Gasteiger partial charge < -0.3 is 10.1 Å². The minimum absolute atomic E-state index is 0.0391. The van der Waals surface area contributed by atoms with E-state index < -0.39 is 9.84 Å². The van der Waals surface area contributed by atoms with Crippen LogP contribution in [0.2, 0.25) is 0 Å². The summed E-state index contributed by atoms with van der Waals surface area (Å²) in [6.45, 7) is 7.17. The van der Waals surface area contributed by atoms with E-state index in [1.807, 2.05) is 0 Å². The summed E-state index contributed by atoms with van der Waals surface area (Å²) >= 11 is 0. The minimum Gasteiger partial charge on any atom is -0.381 e. The van der Waals surface area contributed by atoms with Gasteiger partial charge in [-0.1, -0.05) is 13.8 Å². The van der Waals surface area contributed by atoms with Crippen LogP contribution >= 0.6 is 0 Å². The van der Waals surface area contributed by atoms with Crippen molar-refractivity contribution in [2.24, 2.45) is 5.41 Å². The van der Waals surface area contributed by atoms with Crippen molar-refractivity contribution in [3.8, 4) is 0 Å². The van der Waals surface area contributed by atoms with E-state index in [4.69, 9.17) is 4.74 Å². The zero-order valence-corrected chi connectivity index (χ0v) is 11.8. The lowest BCUT2D eigenvalue weighted by Crippen LogP contribution is -2.37. The maximum Gasteiger partial charge on any atom is 0.150 e. The molecule has 1 rings (SSSR count). The van der Waals surface area contributed by atoms with Crippen molar-refractivity contribution in [3.05, 3.63) is 0 Å². The van der Waals surface area contributed by atoms with Crippen LogP contribution in [0.5, 0.6) is 0 Å². The Morgan fingerprint density at radius 1 is 1.35 bits per heavy atom. The molecule has 0 radical (unpaired) electrons. The Morgan fingerprint density at radius 2 is 2.12 bits per heavy atom. The summed E-state index contributed by atoms with van der Waals surface area (Å²) in [5.74, 6) is 0.535. The molecule has 1 unspecified atom stereocenters. The molecule has 1 N–H and O–H groups in total. The fraction of sp³-hybridized carbons (Fsp3) is 1.00. The Kier molecular flexibility index (Phi) is 5.89. The summed E-state index contributed by atoms with van der Waals surface area (Å²) in [4.78, 5) is 0. The molecule has 1 aliphatic heterocycles. The molecule has 0 amide bonds. The van der Waals surface area contributed by atoms with Crippen molar-refractivity contribution in [2.45, 2.75) is 33.1 Å². The van der Waals surface area contributed by atoms with Crippen LogP contribution in [0.4, 0.5) is 0 Å². The number of hydrogen-bond donors (Lipinski definition) is 1. The topological polar surface area (TPSA) is 55.4 Å². The highest BCUT2D eigenvalue weighted by Crippen LogP contribution is 2.32. The Morgan fingerprint density at radius 3 is 2.65 bits per heavy atom. The SMILES string of the molecule is CCCNCC1(CCS(=O)(=O)CC)CCOC1. The third-order valence-corrected chi connectivity index (χ3v) is 5.20. The van der Waals surface area contributed by atoms with E-state index in [9.17, 15) is 8.42 Å². The molecule has 1 aliphatic rings. The van der Waals surface area contributed by atoms with Crippen molar-refractivity contribution in [1.82, 2.24) is 5.32 Å². The fourth-order valence-electron chi connectivity index (χ4n) is 2.12. The quantitative estimate of drug-likeness (QED) is 0.669. The molecule has 5 heteroatoms. The zero-order valence-electron chi connectivity index (χ0n) is 11.0. The van der Waals surface area contributed by atoms with Gasteiger partial charge in [0.25, 0.3) is 0 Å². The normalized spacial score (nSPS) is 25.3. The van der Waals surface area contributed by atoms with Crippen LogP contribution in [0.15, 0.2) is 0 Å². The molecule has 1 fully saturated rings. The van der Waals surface area contributed by atoms with Crippen LogP contribution in [0, 0.1) is 5.41 Å². The van der Waals surface area contributed by atoms with Crippen LogP contribution in [-0.4, -0.2) is 46.2 Å². The first-order valence-corrected chi connectivity index (χ1v) is 8.34. The third-order valence-electron chi connectivity index (χ3n) is 3.49. The molecule has 0 aromatic heterocycles. The Balaban J connectivity index is 2.47. The van der Waals surface area contributed by atoms with Gasteiger partial charge in [0, 0.05) is 24.3 Å². The molecular formula is C12H25NO3S. The standard InChI is InChI=1S/C12H25NO3S/c1-3-7-13-10-12(5-8-16-11-12)6-9-17(14,15)4-2/h13H,3-11H2,1-2H3. The van der Waals surface area contributed by atoms with Gasteiger partial charge in [0.05, 0.1) is 12.4 Å². The summed E-state index contributed by atoms with van der Waals surface area (Å²) in [6.07, 6.45) is 2.80. The second-order valence-electron chi connectivity index (χ2n) is 4.97. The first kappa shape index (κ1) is 14.9. The molecule has 4 nitrogen and oxygen atoms in total. The van der Waals surface area contributed by atoms with E-state index in [2.05, 4.69) is 12.2 Å². The number of rotatable bonds is 8. The first-order chi connectivity index (χ1) is 8.04.